The number of esters is 1. The molecule has 0 bridgehead atoms. The minimum Gasteiger partial charge on any atom is -0.462 e. The topological polar surface area (TPSA) is 76.5 Å². The fraction of sp³-hybridized carbons (Fsp3) is 0.174. The smallest absolute Gasteiger partial charge is 0.416 e. The summed E-state index contributed by atoms with van der Waals surface area (Å²) < 4.78 is 72.8. The Kier molecular flexibility index (Phi) is 5.72. The molecule has 0 aliphatic heterocycles. The van der Waals surface area contributed by atoms with Crippen LogP contribution < -0.4 is 5.56 Å². The Morgan fingerprint density at radius 3 is 2.38 bits per heavy atom. The highest BCUT2D eigenvalue weighted by molar-refractivity contribution is 5.97. The molecule has 0 aliphatic rings. The standard InChI is InChI=1S/C23H16F5N3O3/c1-3-34-22(33)18-19(15-9-8-14(24)10-16(15)25)29-20-17(11(2)30-31(20)21(18)32)12-4-6-13(7-5-12)23(26,27)28/h4-10,29H,3H2,1-2H3. The molecule has 4 rings (SSSR count). The van der Waals surface area contributed by atoms with Crippen molar-refractivity contribution in [3.05, 3.63) is 81.3 Å². The molecule has 0 unspecified atom stereocenters. The Morgan fingerprint density at radius 1 is 1.12 bits per heavy atom. The van der Waals surface area contributed by atoms with Gasteiger partial charge in [-0.3, -0.25) is 4.79 Å². The molecular formula is C23H16F5N3O3. The van der Waals surface area contributed by atoms with E-state index in [1.165, 1.54) is 26.0 Å². The van der Waals surface area contributed by atoms with Crippen molar-refractivity contribution in [2.45, 2.75) is 20.0 Å². The van der Waals surface area contributed by atoms with Gasteiger partial charge in [0.1, 0.15) is 17.3 Å². The summed E-state index contributed by atoms with van der Waals surface area (Å²) in [6.07, 6.45) is -4.54. The zero-order valence-corrected chi connectivity index (χ0v) is 17.8. The predicted molar refractivity (Wildman–Crippen MR) is 112 cm³/mol. The molecule has 4 aromatic rings. The van der Waals surface area contributed by atoms with Crippen LogP contribution in [0.2, 0.25) is 0 Å². The summed E-state index contributed by atoms with van der Waals surface area (Å²) in [6.45, 7) is 2.97. The fourth-order valence-corrected chi connectivity index (χ4v) is 3.64. The highest BCUT2D eigenvalue weighted by atomic mass is 19.4. The average Bonchev–Trinajstić information content (AvgIpc) is 3.09. The van der Waals surface area contributed by atoms with Crippen LogP contribution in [0.3, 0.4) is 0 Å². The predicted octanol–water partition coefficient (Wildman–Crippen LogP) is 5.14. The molecule has 0 atom stereocenters. The molecule has 11 heteroatoms. The molecule has 6 nitrogen and oxygen atoms in total. The van der Waals surface area contributed by atoms with Crippen LogP contribution in [-0.4, -0.2) is 27.2 Å². The van der Waals surface area contributed by atoms with Gasteiger partial charge >= 0.3 is 12.1 Å². The minimum atomic E-state index is -4.54. The number of halogens is 5. The lowest BCUT2D eigenvalue weighted by Gasteiger charge is -2.12. The zero-order valence-electron chi connectivity index (χ0n) is 17.8. The molecule has 1 N–H and O–H groups in total. The number of H-pyrrole nitrogens is 1. The van der Waals surface area contributed by atoms with Gasteiger partial charge in [0, 0.05) is 17.2 Å². The molecule has 0 fully saturated rings. The highest BCUT2D eigenvalue weighted by Crippen LogP contribution is 2.34. The van der Waals surface area contributed by atoms with Crippen molar-refractivity contribution in [3.8, 4) is 22.4 Å². The first-order valence-corrected chi connectivity index (χ1v) is 9.98. The first-order valence-electron chi connectivity index (χ1n) is 9.98. The Bertz CT molecular complexity index is 1470. The van der Waals surface area contributed by atoms with Gasteiger partial charge in [0.15, 0.2) is 5.56 Å². The number of alkyl halides is 3. The number of hydrogen-bond donors (Lipinski definition) is 1. The maximum absolute atomic E-state index is 14.6. The lowest BCUT2D eigenvalue weighted by atomic mass is 10.0. The molecule has 176 valence electrons. The van der Waals surface area contributed by atoms with E-state index in [0.29, 0.717) is 11.6 Å². The summed E-state index contributed by atoms with van der Waals surface area (Å²) in [6, 6.07) is 6.77. The highest BCUT2D eigenvalue weighted by Gasteiger charge is 2.31. The van der Waals surface area contributed by atoms with E-state index in [4.69, 9.17) is 4.74 Å². The number of fused-ring (bicyclic) bond motifs is 1. The monoisotopic (exact) mass is 477 g/mol. The second-order valence-corrected chi connectivity index (χ2v) is 7.32. The zero-order chi connectivity index (χ0) is 24.8. The van der Waals surface area contributed by atoms with Crippen molar-refractivity contribution in [1.29, 1.82) is 0 Å². The quantitative estimate of drug-likeness (QED) is 0.326. The second-order valence-electron chi connectivity index (χ2n) is 7.32. The van der Waals surface area contributed by atoms with Gasteiger partial charge in [-0.1, -0.05) is 12.1 Å². The Balaban J connectivity index is 2.03. The molecule has 0 amide bonds. The molecule has 34 heavy (non-hydrogen) atoms. The normalized spacial score (nSPS) is 11.7. The molecule has 0 radical (unpaired) electrons. The largest absolute Gasteiger partial charge is 0.462 e. The number of hydrogen-bond acceptors (Lipinski definition) is 4. The van der Waals surface area contributed by atoms with Crippen molar-refractivity contribution >= 4 is 11.6 Å². The van der Waals surface area contributed by atoms with Crippen LogP contribution in [0.4, 0.5) is 22.0 Å². The number of benzene rings is 2. The first kappa shape index (κ1) is 23.1. The van der Waals surface area contributed by atoms with Gasteiger partial charge in [0.05, 0.1) is 23.6 Å². The number of carbonyl (C=O) groups is 1. The van der Waals surface area contributed by atoms with E-state index in [9.17, 15) is 31.5 Å². The summed E-state index contributed by atoms with van der Waals surface area (Å²) in [5.74, 6) is -2.96. The second kappa shape index (κ2) is 8.40. The number of rotatable bonds is 4. The van der Waals surface area contributed by atoms with Crippen molar-refractivity contribution in [3.63, 3.8) is 0 Å². The molecule has 0 spiro atoms. The summed E-state index contributed by atoms with van der Waals surface area (Å²) >= 11 is 0. The van der Waals surface area contributed by atoms with Crippen LogP contribution in [0.5, 0.6) is 0 Å². The first-order chi connectivity index (χ1) is 16.0. The summed E-state index contributed by atoms with van der Waals surface area (Å²) in [5, 5.41) is 4.12. The molecule has 0 saturated heterocycles. The van der Waals surface area contributed by atoms with E-state index in [1.807, 2.05) is 0 Å². The van der Waals surface area contributed by atoms with Gasteiger partial charge in [0.2, 0.25) is 0 Å². The number of carbonyl (C=O) groups excluding carboxylic acids is 1. The molecule has 0 aliphatic carbocycles. The van der Waals surface area contributed by atoms with Crippen LogP contribution in [0, 0.1) is 18.6 Å². The van der Waals surface area contributed by atoms with E-state index in [-0.39, 0.29) is 34.8 Å². The SMILES string of the molecule is CCOC(=O)c1c(-c2ccc(F)cc2F)[nH]c2c(-c3ccc(C(F)(F)F)cc3)c(C)nn2c1=O. The summed E-state index contributed by atoms with van der Waals surface area (Å²) in [7, 11) is 0. The van der Waals surface area contributed by atoms with Gasteiger partial charge in [-0.05, 0) is 43.7 Å². The Hall–Kier alpha value is -4.02. The van der Waals surface area contributed by atoms with Crippen LogP contribution in [0.25, 0.3) is 28.0 Å². The lowest BCUT2D eigenvalue weighted by Crippen LogP contribution is -2.26. The third-order valence-corrected chi connectivity index (χ3v) is 5.14. The molecule has 2 aromatic heterocycles. The van der Waals surface area contributed by atoms with E-state index < -0.39 is 40.5 Å². The maximum atomic E-state index is 14.6. The van der Waals surface area contributed by atoms with Gasteiger partial charge in [-0.2, -0.15) is 22.8 Å². The van der Waals surface area contributed by atoms with Crippen LogP contribution >= 0.6 is 0 Å². The summed E-state index contributed by atoms with van der Waals surface area (Å²) in [4.78, 5) is 28.6. The van der Waals surface area contributed by atoms with E-state index in [1.54, 1.807) is 0 Å². The van der Waals surface area contributed by atoms with E-state index in [0.717, 1.165) is 28.8 Å². The number of nitrogens with zero attached hydrogens (tertiary/aromatic N) is 2. The maximum Gasteiger partial charge on any atom is 0.416 e. The number of aryl methyl sites for hydroxylation is 1. The average molecular weight is 477 g/mol. The fourth-order valence-electron chi connectivity index (χ4n) is 3.64. The van der Waals surface area contributed by atoms with Crippen LogP contribution in [0.15, 0.2) is 47.3 Å². The Labute approximate surface area is 188 Å². The van der Waals surface area contributed by atoms with Crippen molar-refractivity contribution in [2.24, 2.45) is 0 Å². The van der Waals surface area contributed by atoms with Crippen LogP contribution in [0.1, 0.15) is 28.5 Å². The van der Waals surface area contributed by atoms with Crippen molar-refractivity contribution < 1.29 is 31.5 Å². The number of aromatic nitrogens is 3. The molecule has 2 aromatic carbocycles. The van der Waals surface area contributed by atoms with Crippen molar-refractivity contribution in [1.82, 2.24) is 14.6 Å². The lowest BCUT2D eigenvalue weighted by molar-refractivity contribution is -0.137. The molecule has 0 saturated carbocycles. The van der Waals surface area contributed by atoms with Gasteiger partial charge < -0.3 is 9.72 Å². The van der Waals surface area contributed by atoms with E-state index >= 15 is 0 Å². The Morgan fingerprint density at radius 2 is 1.79 bits per heavy atom. The number of ether oxygens (including phenoxy) is 1. The van der Waals surface area contributed by atoms with Crippen LogP contribution in [-0.2, 0) is 10.9 Å². The molecular weight excluding hydrogens is 461 g/mol. The van der Waals surface area contributed by atoms with Gasteiger partial charge in [-0.15, -0.1) is 0 Å². The summed E-state index contributed by atoms with van der Waals surface area (Å²) in [5.41, 5.74) is -2.07. The third-order valence-electron chi connectivity index (χ3n) is 5.14. The third kappa shape index (κ3) is 3.93. The minimum absolute atomic E-state index is 0.00836. The number of aromatic amines is 1. The van der Waals surface area contributed by atoms with Crippen molar-refractivity contribution in [2.75, 3.05) is 6.61 Å². The van der Waals surface area contributed by atoms with Gasteiger partial charge in [0.25, 0.3) is 5.56 Å². The van der Waals surface area contributed by atoms with E-state index in [2.05, 4.69) is 10.1 Å². The van der Waals surface area contributed by atoms with Gasteiger partial charge in [-0.25, -0.2) is 13.6 Å². The number of nitrogens with one attached hydrogen (secondary N) is 1. The molecule has 2 heterocycles.